The molecule has 1 aliphatic rings. The fourth-order valence-corrected chi connectivity index (χ4v) is 2.68. The lowest BCUT2D eigenvalue weighted by Gasteiger charge is -2.32. The summed E-state index contributed by atoms with van der Waals surface area (Å²) in [6, 6.07) is 5.43. The van der Waals surface area contributed by atoms with E-state index < -0.39 is 0 Å². The van der Waals surface area contributed by atoms with Gasteiger partial charge < -0.3 is 20.5 Å². The number of aryl methyl sites for hydroxylation is 1. The lowest BCUT2D eigenvalue weighted by Crippen LogP contribution is -2.50. The first-order valence-corrected chi connectivity index (χ1v) is 8.12. The second-order valence-electron chi connectivity index (χ2n) is 5.84. The Bertz CT molecular complexity index is 725. The van der Waals surface area contributed by atoms with Gasteiger partial charge in [0.05, 0.1) is 42.3 Å². The molecule has 1 saturated heterocycles. The Kier molecular flexibility index (Phi) is 5.52. The molecular weight excluding hydrogens is 322 g/mol. The standard InChI is InChI=1S/C17H21N5O3/c1-11-13(8-20-17(18)21-11)16(23)22-14-10-24-7-5-15(14)25-9-12-4-2-3-6-19-12/h2-4,6,8,14-15H,5,7,9-10H2,1H3,(H,22,23)(H2,18,20,21)/t14-,15-/m0/s1. The van der Waals surface area contributed by atoms with Crippen LogP contribution >= 0.6 is 0 Å². The predicted molar refractivity (Wildman–Crippen MR) is 90.7 cm³/mol. The number of aromatic nitrogens is 3. The summed E-state index contributed by atoms with van der Waals surface area (Å²) in [5.41, 5.74) is 7.30. The molecule has 25 heavy (non-hydrogen) atoms. The molecule has 1 fully saturated rings. The first-order chi connectivity index (χ1) is 12.1. The Hall–Kier alpha value is -2.58. The zero-order chi connectivity index (χ0) is 17.6. The SMILES string of the molecule is Cc1nc(N)ncc1C(=O)N[C@H]1COCC[C@@H]1OCc1ccccn1. The van der Waals surface area contributed by atoms with Crippen LogP contribution in [0.15, 0.2) is 30.6 Å². The average Bonchev–Trinajstić information content (AvgIpc) is 2.61. The van der Waals surface area contributed by atoms with E-state index >= 15 is 0 Å². The van der Waals surface area contributed by atoms with Crippen LogP contribution in [0.1, 0.15) is 28.2 Å². The van der Waals surface area contributed by atoms with Crippen LogP contribution in [0.5, 0.6) is 0 Å². The van der Waals surface area contributed by atoms with Crippen molar-refractivity contribution >= 4 is 11.9 Å². The van der Waals surface area contributed by atoms with E-state index in [9.17, 15) is 4.79 Å². The quantitative estimate of drug-likeness (QED) is 0.828. The molecule has 2 aromatic heterocycles. The number of nitrogens with zero attached hydrogens (tertiary/aromatic N) is 3. The number of carbonyl (C=O) groups excluding carboxylic acids is 1. The molecular formula is C17H21N5O3. The number of nitrogens with two attached hydrogens (primary N) is 1. The molecule has 0 saturated carbocycles. The van der Waals surface area contributed by atoms with E-state index in [1.54, 1.807) is 13.1 Å². The summed E-state index contributed by atoms with van der Waals surface area (Å²) in [6.07, 6.45) is 3.72. The first kappa shape index (κ1) is 17.2. The van der Waals surface area contributed by atoms with Gasteiger partial charge in [-0.25, -0.2) is 9.97 Å². The molecule has 3 heterocycles. The van der Waals surface area contributed by atoms with Crippen molar-refractivity contribution in [1.29, 1.82) is 0 Å². The van der Waals surface area contributed by atoms with Gasteiger partial charge in [0.25, 0.3) is 5.91 Å². The van der Waals surface area contributed by atoms with Crippen molar-refractivity contribution in [3.05, 3.63) is 47.5 Å². The molecule has 0 aromatic carbocycles. The highest BCUT2D eigenvalue weighted by molar-refractivity contribution is 5.95. The average molecular weight is 343 g/mol. The van der Waals surface area contributed by atoms with E-state index in [-0.39, 0.29) is 24.0 Å². The van der Waals surface area contributed by atoms with E-state index in [0.717, 1.165) is 5.69 Å². The van der Waals surface area contributed by atoms with Crippen LogP contribution in [0, 0.1) is 6.92 Å². The molecule has 2 atom stereocenters. The lowest BCUT2D eigenvalue weighted by molar-refractivity contribution is -0.0612. The topological polar surface area (TPSA) is 112 Å². The largest absolute Gasteiger partial charge is 0.379 e. The Balaban J connectivity index is 1.63. The van der Waals surface area contributed by atoms with E-state index in [0.29, 0.717) is 37.5 Å². The molecule has 0 bridgehead atoms. The lowest BCUT2D eigenvalue weighted by atomic mass is 10.1. The maximum absolute atomic E-state index is 12.5. The Morgan fingerprint density at radius 1 is 1.44 bits per heavy atom. The van der Waals surface area contributed by atoms with Gasteiger partial charge in [0.2, 0.25) is 5.95 Å². The molecule has 8 nitrogen and oxygen atoms in total. The number of pyridine rings is 1. The monoisotopic (exact) mass is 343 g/mol. The van der Waals surface area contributed by atoms with E-state index in [2.05, 4.69) is 20.3 Å². The zero-order valence-corrected chi connectivity index (χ0v) is 14.0. The molecule has 3 N–H and O–H groups in total. The summed E-state index contributed by atoms with van der Waals surface area (Å²) < 4.78 is 11.4. The third-order valence-corrected chi connectivity index (χ3v) is 4.02. The van der Waals surface area contributed by atoms with Gasteiger partial charge in [0, 0.05) is 19.0 Å². The minimum atomic E-state index is -0.264. The van der Waals surface area contributed by atoms with E-state index in [4.69, 9.17) is 15.2 Å². The normalized spacial score (nSPS) is 20.2. The van der Waals surface area contributed by atoms with Crippen LogP contribution in [-0.2, 0) is 16.1 Å². The number of amides is 1. The first-order valence-electron chi connectivity index (χ1n) is 8.12. The zero-order valence-electron chi connectivity index (χ0n) is 14.0. The minimum absolute atomic E-state index is 0.144. The highest BCUT2D eigenvalue weighted by Gasteiger charge is 2.29. The van der Waals surface area contributed by atoms with Crippen LogP contribution in [-0.4, -0.2) is 46.2 Å². The molecule has 0 spiro atoms. The fraction of sp³-hybridized carbons (Fsp3) is 0.412. The van der Waals surface area contributed by atoms with Gasteiger partial charge in [-0.15, -0.1) is 0 Å². The molecule has 2 aromatic rings. The summed E-state index contributed by atoms with van der Waals surface area (Å²) in [7, 11) is 0. The fourth-order valence-electron chi connectivity index (χ4n) is 2.68. The third-order valence-electron chi connectivity index (χ3n) is 4.02. The van der Waals surface area contributed by atoms with Crippen molar-refractivity contribution in [2.45, 2.75) is 32.1 Å². The Morgan fingerprint density at radius 2 is 2.32 bits per heavy atom. The van der Waals surface area contributed by atoms with Crippen molar-refractivity contribution in [2.24, 2.45) is 0 Å². The number of anilines is 1. The van der Waals surface area contributed by atoms with Crippen LogP contribution in [0.4, 0.5) is 5.95 Å². The smallest absolute Gasteiger partial charge is 0.255 e. The summed E-state index contributed by atoms with van der Waals surface area (Å²) in [6.45, 7) is 3.11. The maximum atomic E-state index is 12.5. The minimum Gasteiger partial charge on any atom is -0.379 e. The summed E-state index contributed by atoms with van der Waals surface area (Å²) in [5.74, 6) is -0.119. The van der Waals surface area contributed by atoms with Crippen LogP contribution < -0.4 is 11.1 Å². The number of carbonyl (C=O) groups is 1. The van der Waals surface area contributed by atoms with Gasteiger partial charge in [0.1, 0.15) is 0 Å². The summed E-state index contributed by atoms with van der Waals surface area (Å²) >= 11 is 0. The van der Waals surface area contributed by atoms with Gasteiger partial charge in [-0.05, 0) is 25.5 Å². The molecule has 1 aliphatic heterocycles. The van der Waals surface area contributed by atoms with Crippen molar-refractivity contribution < 1.29 is 14.3 Å². The van der Waals surface area contributed by atoms with Crippen LogP contribution in [0.2, 0.25) is 0 Å². The molecule has 3 rings (SSSR count). The second kappa shape index (κ2) is 8.00. The van der Waals surface area contributed by atoms with Gasteiger partial charge in [-0.1, -0.05) is 6.07 Å². The van der Waals surface area contributed by atoms with Gasteiger partial charge in [0.15, 0.2) is 0 Å². The summed E-state index contributed by atoms with van der Waals surface area (Å²) in [5, 5.41) is 2.95. The molecule has 0 unspecified atom stereocenters. The van der Waals surface area contributed by atoms with E-state index in [1.165, 1.54) is 6.20 Å². The molecule has 0 radical (unpaired) electrons. The highest BCUT2D eigenvalue weighted by Crippen LogP contribution is 2.15. The molecule has 0 aliphatic carbocycles. The van der Waals surface area contributed by atoms with Crippen molar-refractivity contribution in [3.63, 3.8) is 0 Å². The third kappa shape index (κ3) is 4.49. The van der Waals surface area contributed by atoms with Gasteiger partial charge in [-0.2, -0.15) is 0 Å². The number of nitrogens with one attached hydrogen (secondary N) is 1. The highest BCUT2D eigenvalue weighted by atomic mass is 16.5. The Labute approximate surface area is 145 Å². The summed E-state index contributed by atoms with van der Waals surface area (Å²) in [4.78, 5) is 24.7. The van der Waals surface area contributed by atoms with Crippen LogP contribution in [0.25, 0.3) is 0 Å². The molecule has 132 valence electrons. The van der Waals surface area contributed by atoms with Crippen molar-refractivity contribution in [2.75, 3.05) is 18.9 Å². The van der Waals surface area contributed by atoms with Gasteiger partial charge >= 0.3 is 0 Å². The molecule has 8 heteroatoms. The van der Waals surface area contributed by atoms with Gasteiger partial charge in [-0.3, -0.25) is 9.78 Å². The Morgan fingerprint density at radius 3 is 3.08 bits per heavy atom. The van der Waals surface area contributed by atoms with Crippen molar-refractivity contribution in [3.8, 4) is 0 Å². The van der Waals surface area contributed by atoms with Crippen LogP contribution in [0.3, 0.4) is 0 Å². The van der Waals surface area contributed by atoms with Crippen molar-refractivity contribution in [1.82, 2.24) is 20.3 Å². The van der Waals surface area contributed by atoms with E-state index in [1.807, 2.05) is 18.2 Å². The number of nitrogen functional groups attached to an aromatic ring is 1. The number of hydrogen-bond acceptors (Lipinski definition) is 7. The predicted octanol–water partition coefficient (Wildman–Crippen LogP) is 0.866. The number of ether oxygens (including phenoxy) is 2. The molecule has 1 amide bonds. The second-order valence-corrected chi connectivity index (χ2v) is 5.84. The number of rotatable bonds is 5. The number of hydrogen-bond donors (Lipinski definition) is 2. The maximum Gasteiger partial charge on any atom is 0.255 e.